The third-order valence-corrected chi connectivity index (χ3v) is 3.83. The lowest BCUT2D eigenvalue weighted by Gasteiger charge is -2.09. The number of ether oxygens (including phenoxy) is 1. The molecule has 0 bridgehead atoms. The Kier molecular flexibility index (Phi) is 4.37. The van der Waals surface area contributed by atoms with Crippen molar-refractivity contribution in [3.05, 3.63) is 48.3 Å². The number of unbranched alkanes of at least 4 members (excludes halogenated alkanes) is 2. The van der Waals surface area contributed by atoms with Gasteiger partial charge in [0.25, 0.3) is 0 Å². The molecule has 4 nitrogen and oxygen atoms in total. The van der Waals surface area contributed by atoms with Crippen LogP contribution in [-0.2, 0) is 6.42 Å². The molecule has 22 heavy (non-hydrogen) atoms. The summed E-state index contributed by atoms with van der Waals surface area (Å²) in [6.07, 6.45) is 6.45. The molecule has 0 saturated carbocycles. The molecule has 0 amide bonds. The lowest BCUT2D eigenvalue weighted by Crippen LogP contribution is -2.00. The minimum absolute atomic E-state index is 0.859. The van der Waals surface area contributed by atoms with Crippen molar-refractivity contribution in [1.82, 2.24) is 14.6 Å². The van der Waals surface area contributed by atoms with Crippen LogP contribution in [0.4, 0.5) is 0 Å². The van der Waals surface area contributed by atoms with Crippen LogP contribution in [0.1, 0.15) is 31.9 Å². The van der Waals surface area contributed by atoms with E-state index in [-0.39, 0.29) is 0 Å². The highest BCUT2D eigenvalue weighted by Gasteiger charge is 2.09. The van der Waals surface area contributed by atoms with Gasteiger partial charge in [-0.2, -0.15) is 5.10 Å². The monoisotopic (exact) mass is 295 g/mol. The van der Waals surface area contributed by atoms with E-state index < -0.39 is 0 Å². The Labute approximate surface area is 130 Å². The van der Waals surface area contributed by atoms with Gasteiger partial charge in [0.15, 0.2) is 5.65 Å². The predicted octanol–water partition coefficient (Wildman–Crippen LogP) is 4.14. The minimum Gasteiger partial charge on any atom is -0.497 e. The molecule has 0 aliphatic heterocycles. The van der Waals surface area contributed by atoms with Gasteiger partial charge in [-0.15, -0.1) is 0 Å². The normalized spacial score (nSPS) is 11.0. The summed E-state index contributed by atoms with van der Waals surface area (Å²) in [6.45, 7) is 2.22. The van der Waals surface area contributed by atoms with Crippen molar-refractivity contribution in [3.8, 4) is 17.0 Å². The first kappa shape index (κ1) is 14.6. The van der Waals surface area contributed by atoms with Crippen molar-refractivity contribution >= 4 is 5.65 Å². The van der Waals surface area contributed by atoms with Gasteiger partial charge in [0.05, 0.1) is 19.0 Å². The number of benzene rings is 1. The van der Waals surface area contributed by atoms with Crippen LogP contribution >= 0.6 is 0 Å². The number of hydrogen-bond donors (Lipinski definition) is 0. The molecular formula is C18H21N3O. The first-order valence-corrected chi connectivity index (χ1v) is 7.80. The third-order valence-electron chi connectivity index (χ3n) is 3.83. The summed E-state index contributed by atoms with van der Waals surface area (Å²) in [5, 5.41) is 4.40. The number of nitrogens with zero attached hydrogens (tertiary/aromatic N) is 3. The zero-order valence-corrected chi connectivity index (χ0v) is 13.1. The maximum absolute atomic E-state index is 5.23. The van der Waals surface area contributed by atoms with Crippen LogP contribution in [0.3, 0.4) is 0 Å². The van der Waals surface area contributed by atoms with Gasteiger partial charge in [-0.05, 0) is 43.2 Å². The molecule has 2 aromatic heterocycles. The second-order valence-corrected chi connectivity index (χ2v) is 5.42. The van der Waals surface area contributed by atoms with E-state index in [0.717, 1.165) is 34.8 Å². The van der Waals surface area contributed by atoms with Crippen LogP contribution < -0.4 is 4.74 Å². The fourth-order valence-electron chi connectivity index (χ4n) is 2.62. The van der Waals surface area contributed by atoms with E-state index in [0.29, 0.717) is 0 Å². The molecule has 4 heteroatoms. The Morgan fingerprint density at radius 2 is 1.91 bits per heavy atom. The van der Waals surface area contributed by atoms with Crippen molar-refractivity contribution in [2.24, 2.45) is 0 Å². The predicted molar refractivity (Wildman–Crippen MR) is 88.2 cm³/mol. The Morgan fingerprint density at radius 1 is 1.09 bits per heavy atom. The summed E-state index contributed by atoms with van der Waals surface area (Å²) in [5.41, 5.74) is 4.23. The lowest BCUT2D eigenvalue weighted by molar-refractivity contribution is 0.415. The van der Waals surface area contributed by atoms with E-state index in [1.54, 1.807) is 13.3 Å². The van der Waals surface area contributed by atoms with Crippen molar-refractivity contribution in [1.29, 1.82) is 0 Å². The number of aryl methyl sites for hydroxylation is 1. The second-order valence-electron chi connectivity index (χ2n) is 5.42. The number of methoxy groups -OCH3 is 1. The minimum atomic E-state index is 0.859. The first-order valence-electron chi connectivity index (χ1n) is 7.80. The summed E-state index contributed by atoms with van der Waals surface area (Å²) < 4.78 is 7.13. The molecule has 0 radical (unpaired) electrons. The summed E-state index contributed by atoms with van der Waals surface area (Å²) in [7, 11) is 1.68. The number of fused-ring (bicyclic) bond motifs is 1. The molecule has 0 N–H and O–H groups in total. The molecule has 0 aliphatic carbocycles. The van der Waals surface area contributed by atoms with Crippen molar-refractivity contribution < 1.29 is 4.74 Å². The van der Waals surface area contributed by atoms with Gasteiger partial charge in [0.2, 0.25) is 0 Å². The highest BCUT2D eigenvalue weighted by Crippen LogP contribution is 2.24. The lowest BCUT2D eigenvalue weighted by atomic mass is 10.1. The zero-order chi connectivity index (χ0) is 15.4. The van der Waals surface area contributed by atoms with Crippen molar-refractivity contribution in [2.45, 2.75) is 32.6 Å². The van der Waals surface area contributed by atoms with Gasteiger partial charge in [-0.25, -0.2) is 9.50 Å². The van der Waals surface area contributed by atoms with Gasteiger partial charge in [-0.3, -0.25) is 0 Å². The Bertz CT molecular complexity index is 747. The number of hydrogen-bond acceptors (Lipinski definition) is 3. The topological polar surface area (TPSA) is 39.4 Å². The molecule has 1 aromatic carbocycles. The molecule has 3 rings (SSSR count). The van der Waals surface area contributed by atoms with E-state index in [2.05, 4.69) is 30.2 Å². The smallest absolute Gasteiger partial charge is 0.155 e. The van der Waals surface area contributed by atoms with E-state index in [9.17, 15) is 0 Å². The molecule has 0 spiro atoms. The van der Waals surface area contributed by atoms with Crippen LogP contribution in [0.15, 0.2) is 42.6 Å². The van der Waals surface area contributed by atoms with E-state index in [1.807, 2.05) is 22.7 Å². The summed E-state index contributed by atoms with van der Waals surface area (Å²) >= 11 is 0. The molecule has 0 unspecified atom stereocenters. The SMILES string of the molecule is CCCCCc1cc(-c2ccc(OC)cc2)n2nccc2n1. The highest BCUT2D eigenvalue weighted by molar-refractivity contribution is 5.64. The Balaban J connectivity index is 2.00. The van der Waals surface area contributed by atoms with Gasteiger partial charge in [0, 0.05) is 17.3 Å². The zero-order valence-electron chi connectivity index (χ0n) is 13.1. The Hall–Kier alpha value is -2.36. The van der Waals surface area contributed by atoms with Crippen LogP contribution in [-0.4, -0.2) is 21.7 Å². The molecular weight excluding hydrogens is 274 g/mol. The van der Waals surface area contributed by atoms with Gasteiger partial charge in [-0.1, -0.05) is 19.8 Å². The average Bonchev–Trinajstić information content (AvgIpc) is 3.03. The fourth-order valence-corrected chi connectivity index (χ4v) is 2.62. The third kappa shape index (κ3) is 2.96. The van der Waals surface area contributed by atoms with Crippen LogP contribution in [0.5, 0.6) is 5.75 Å². The quantitative estimate of drug-likeness (QED) is 0.642. The number of rotatable bonds is 6. The number of aromatic nitrogens is 3. The van der Waals surface area contributed by atoms with E-state index in [4.69, 9.17) is 9.72 Å². The largest absolute Gasteiger partial charge is 0.497 e. The second kappa shape index (κ2) is 6.60. The molecule has 0 aliphatic rings. The van der Waals surface area contributed by atoms with Gasteiger partial charge >= 0.3 is 0 Å². The fraction of sp³-hybridized carbons (Fsp3) is 0.333. The molecule has 0 saturated heterocycles. The highest BCUT2D eigenvalue weighted by atomic mass is 16.5. The summed E-state index contributed by atoms with van der Waals surface area (Å²) in [6, 6.07) is 12.2. The molecule has 114 valence electrons. The molecule has 0 atom stereocenters. The first-order chi connectivity index (χ1) is 10.8. The van der Waals surface area contributed by atoms with Crippen molar-refractivity contribution in [3.63, 3.8) is 0 Å². The van der Waals surface area contributed by atoms with Crippen LogP contribution in [0.2, 0.25) is 0 Å². The average molecular weight is 295 g/mol. The molecule has 2 heterocycles. The van der Waals surface area contributed by atoms with E-state index in [1.165, 1.54) is 19.3 Å². The van der Waals surface area contributed by atoms with E-state index >= 15 is 0 Å². The van der Waals surface area contributed by atoms with Crippen LogP contribution in [0, 0.1) is 0 Å². The molecule has 0 fully saturated rings. The van der Waals surface area contributed by atoms with Crippen molar-refractivity contribution in [2.75, 3.05) is 7.11 Å². The van der Waals surface area contributed by atoms with Crippen LogP contribution in [0.25, 0.3) is 16.9 Å². The Morgan fingerprint density at radius 3 is 2.64 bits per heavy atom. The maximum Gasteiger partial charge on any atom is 0.155 e. The summed E-state index contributed by atoms with van der Waals surface area (Å²) in [4.78, 5) is 4.70. The van der Waals surface area contributed by atoms with Gasteiger partial charge in [0.1, 0.15) is 5.75 Å². The molecule has 3 aromatic rings. The summed E-state index contributed by atoms with van der Waals surface area (Å²) in [5.74, 6) is 0.859. The standard InChI is InChI=1S/C18H21N3O/c1-3-4-5-6-15-13-17(21-18(20-15)11-12-19-21)14-7-9-16(22-2)10-8-14/h7-13H,3-6H2,1-2H3. The maximum atomic E-state index is 5.23. The van der Waals surface area contributed by atoms with Gasteiger partial charge < -0.3 is 4.74 Å².